The Morgan fingerprint density at radius 3 is 2.43 bits per heavy atom. The lowest BCUT2D eigenvalue weighted by Crippen LogP contribution is -2.30. The van der Waals surface area contributed by atoms with E-state index < -0.39 is 5.38 Å². The predicted molar refractivity (Wildman–Crippen MR) is 85.0 cm³/mol. The van der Waals surface area contributed by atoms with Crippen LogP contribution in [0.4, 0.5) is 0 Å². The largest absolute Gasteiger partial charge is 0.492 e. The lowest BCUT2D eigenvalue weighted by Gasteiger charge is -2.11. The molecule has 3 nitrogen and oxygen atoms in total. The number of ether oxygens (including phenoxy) is 1. The number of hydrogen-bond acceptors (Lipinski definition) is 2. The SMILES string of the molecule is O=C(NCCOc1ccc(Cl)cc1)C(Cl)c1ccccc1. The average Bonchev–Trinajstić information content (AvgIpc) is 2.53. The maximum Gasteiger partial charge on any atom is 0.242 e. The molecule has 110 valence electrons. The number of nitrogens with one attached hydrogen (secondary N) is 1. The molecule has 1 atom stereocenters. The van der Waals surface area contributed by atoms with Crippen molar-refractivity contribution in [1.82, 2.24) is 5.32 Å². The lowest BCUT2D eigenvalue weighted by molar-refractivity contribution is -0.120. The average molecular weight is 324 g/mol. The minimum Gasteiger partial charge on any atom is -0.492 e. The van der Waals surface area contributed by atoms with Gasteiger partial charge in [-0.15, -0.1) is 11.6 Å². The van der Waals surface area contributed by atoms with Gasteiger partial charge in [-0.1, -0.05) is 41.9 Å². The molecule has 0 aliphatic heterocycles. The number of amides is 1. The maximum atomic E-state index is 11.9. The van der Waals surface area contributed by atoms with Crippen LogP contribution in [0.3, 0.4) is 0 Å². The van der Waals surface area contributed by atoms with Gasteiger partial charge in [0, 0.05) is 5.02 Å². The zero-order chi connectivity index (χ0) is 15.1. The number of hydrogen-bond donors (Lipinski definition) is 1. The van der Waals surface area contributed by atoms with Gasteiger partial charge in [-0.25, -0.2) is 0 Å². The van der Waals surface area contributed by atoms with Gasteiger partial charge >= 0.3 is 0 Å². The topological polar surface area (TPSA) is 38.3 Å². The van der Waals surface area contributed by atoms with Gasteiger partial charge in [0.25, 0.3) is 0 Å². The molecule has 2 aromatic rings. The van der Waals surface area contributed by atoms with Crippen LogP contribution in [0.15, 0.2) is 54.6 Å². The Morgan fingerprint density at radius 2 is 1.76 bits per heavy atom. The highest BCUT2D eigenvalue weighted by Crippen LogP contribution is 2.19. The first-order chi connectivity index (χ1) is 10.2. The summed E-state index contributed by atoms with van der Waals surface area (Å²) < 4.78 is 5.48. The van der Waals surface area contributed by atoms with Gasteiger partial charge in [-0.2, -0.15) is 0 Å². The number of benzene rings is 2. The van der Waals surface area contributed by atoms with E-state index in [1.54, 1.807) is 24.3 Å². The van der Waals surface area contributed by atoms with Crippen molar-refractivity contribution in [3.8, 4) is 5.75 Å². The number of halogens is 2. The highest BCUT2D eigenvalue weighted by Gasteiger charge is 2.16. The molecule has 5 heteroatoms. The summed E-state index contributed by atoms with van der Waals surface area (Å²) in [5.41, 5.74) is 0.773. The third-order valence-corrected chi connectivity index (χ3v) is 3.51. The molecule has 0 aromatic heterocycles. The van der Waals surface area contributed by atoms with E-state index in [0.29, 0.717) is 23.9 Å². The van der Waals surface area contributed by atoms with Crippen molar-refractivity contribution in [3.63, 3.8) is 0 Å². The van der Waals surface area contributed by atoms with Gasteiger partial charge in [0.2, 0.25) is 5.91 Å². The van der Waals surface area contributed by atoms with Crippen LogP contribution in [0.2, 0.25) is 5.02 Å². The van der Waals surface area contributed by atoms with Gasteiger partial charge in [0.05, 0.1) is 6.54 Å². The van der Waals surface area contributed by atoms with Gasteiger partial charge in [0.15, 0.2) is 0 Å². The third kappa shape index (κ3) is 4.96. The Bertz CT molecular complexity index is 573. The molecular formula is C16H15Cl2NO2. The second-order valence-corrected chi connectivity index (χ2v) is 5.24. The van der Waals surface area contributed by atoms with Crippen LogP contribution in [0.25, 0.3) is 0 Å². The normalized spacial score (nSPS) is 11.7. The van der Waals surface area contributed by atoms with E-state index in [2.05, 4.69) is 5.32 Å². The number of carbonyl (C=O) groups is 1. The van der Waals surface area contributed by atoms with Crippen LogP contribution in [-0.2, 0) is 4.79 Å². The van der Waals surface area contributed by atoms with Crippen LogP contribution in [0.1, 0.15) is 10.9 Å². The zero-order valence-corrected chi connectivity index (χ0v) is 12.8. The fraction of sp³-hybridized carbons (Fsp3) is 0.188. The van der Waals surface area contributed by atoms with Crippen molar-refractivity contribution in [3.05, 3.63) is 65.2 Å². The fourth-order valence-corrected chi connectivity index (χ4v) is 2.09. The quantitative estimate of drug-likeness (QED) is 0.648. The van der Waals surface area contributed by atoms with E-state index in [-0.39, 0.29) is 5.91 Å². The van der Waals surface area contributed by atoms with E-state index in [1.807, 2.05) is 30.3 Å². The molecule has 1 amide bonds. The molecule has 2 rings (SSSR count). The van der Waals surface area contributed by atoms with E-state index >= 15 is 0 Å². The summed E-state index contributed by atoms with van der Waals surface area (Å²) >= 11 is 11.9. The Hall–Kier alpha value is -1.71. The molecule has 0 heterocycles. The van der Waals surface area contributed by atoms with E-state index in [9.17, 15) is 4.79 Å². The minimum atomic E-state index is -0.693. The predicted octanol–water partition coefficient (Wildman–Crippen LogP) is 3.82. The Kier molecular flexibility index (Phi) is 5.90. The molecule has 0 aliphatic rings. The molecule has 0 aliphatic carbocycles. The standard InChI is InChI=1S/C16H15Cl2NO2/c17-13-6-8-14(9-7-13)21-11-10-19-16(20)15(18)12-4-2-1-3-5-12/h1-9,15H,10-11H2,(H,19,20). The first kappa shape index (κ1) is 15.7. The zero-order valence-electron chi connectivity index (χ0n) is 11.3. The van der Waals surface area contributed by atoms with Crippen molar-refractivity contribution in [2.75, 3.05) is 13.2 Å². The summed E-state index contributed by atoms with van der Waals surface area (Å²) in [5.74, 6) is 0.474. The third-order valence-electron chi connectivity index (χ3n) is 2.81. The number of alkyl halides is 1. The lowest BCUT2D eigenvalue weighted by atomic mass is 10.1. The summed E-state index contributed by atoms with van der Waals surface area (Å²) in [6, 6.07) is 16.3. The summed E-state index contributed by atoms with van der Waals surface area (Å²) in [4.78, 5) is 11.9. The molecule has 0 fully saturated rings. The summed E-state index contributed by atoms with van der Waals surface area (Å²) in [7, 11) is 0. The van der Waals surface area contributed by atoms with Crippen molar-refractivity contribution in [2.24, 2.45) is 0 Å². The number of rotatable bonds is 6. The maximum absolute atomic E-state index is 11.9. The second-order valence-electron chi connectivity index (χ2n) is 4.37. The van der Waals surface area contributed by atoms with Crippen molar-refractivity contribution < 1.29 is 9.53 Å². The van der Waals surface area contributed by atoms with E-state index in [4.69, 9.17) is 27.9 Å². The van der Waals surface area contributed by atoms with Crippen LogP contribution < -0.4 is 10.1 Å². The molecule has 0 saturated carbocycles. The highest BCUT2D eigenvalue weighted by molar-refractivity contribution is 6.31. The second kappa shape index (κ2) is 7.91. The summed E-state index contributed by atoms with van der Waals surface area (Å²) in [6.07, 6.45) is 0. The van der Waals surface area contributed by atoms with Crippen LogP contribution in [0, 0.1) is 0 Å². The van der Waals surface area contributed by atoms with Crippen molar-refractivity contribution in [1.29, 1.82) is 0 Å². The van der Waals surface area contributed by atoms with E-state index in [1.165, 1.54) is 0 Å². The molecule has 1 unspecified atom stereocenters. The molecule has 1 N–H and O–H groups in total. The Morgan fingerprint density at radius 1 is 1.10 bits per heavy atom. The molecule has 0 spiro atoms. The van der Waals surface area contributed by atoms with Crippen LogP contribution >= 0.6 is 23.2 Å². The van der Waals surface area contributed by atoms with Gasteiger partial charge in [-0.3, -0.25) is 4.79 Å². The van der Waals surface area contributed by atoms with Crippen molar-refractivity contribution in [2.45, 2.75) is 5.38 Å². The fourth-order valence-electron chi connectivity index (χ4n) is 1.74. The van der Waals surface area contributed by atoms with Crippen LogP contribution in [-0.4, -0.2) is 19.1 Å². The summed E-state index contributed by atoms with van der Waals surface area (Å²) in [6.45, 7) is 0.753. The molecular weight excluding hydrogens is 309 g/mol. The van der Waals surface area contributed by atoms with Gasteiger partial charge in [-0.05, 0) is 29.8 Å². The monoisotopic (exact) mass is 323 g/mol. The first-order valence-corrected chi connectivity index (χ1v) is 7.33. The molecule has 2 aromatic carbocycles. The van der Waals surface area contributed by atoms with E-state index in [0.717, 1.165) is 5.56 Å². The van der Waals surface area contributed by atoms with Crippen LogP contribution in [0.5, 0.6) is 5.75 Å². The highest BCUT2D eigenvalue weighted by atomic mass is 35.5. The smallest absolute Gasteiger partial charge is 0.242 e. The molecule has 0 saturated heterocycles. The first-order valence-electron chi connectivity index (χ1n) is 6.52. The molecule has 0 radical (unpaired) electrons. The molecule has 21 heavy (non-hydrogen) atoms. The number of carbonyl (C=O) groups excluding carboxylic acids is 1. The van der Waals surface area contributed by atoms with Gasteiger partial charge in [0.1, 0.15) is 17.7 Å². The molecule has 0 bridgehead atoms. The minimum absolute atomic E-state index is 0.234. The Balaban J connectivity index is 1.73. The van der Waals surface area contributed by atoms with Gasteiger partial charge < -0.3 is 10.1 Å². The Labute approximate surface area is 133 Å². The summed E-state index contributed by atoms with van der Waals surface area (Å²) in [5, 5.41) is 2.70. The van der Waals surface area contributed by atoms with Crippen molar-refractivity contribution >= 4 is 29.1 Å².